The summed E-state index contributed by atoms with van der Waals surface area (Å²) in [6, 6.07) is 3.53. The minimum Gasteiger partial charge on any atom is -0.349 e. The fourth-order valence-corrected chi connectivity index (χ4v) is 3.05. The van der Waals surface area contributed by atoms with Gasteiger partial charge in [-0.3, -0.25) is 0 Å². The molecule has 1 heterocycles. The van der Waals surface area contributed by atoms with Gasteiger partial charge in [-0.05, 0) is 17.7 Å². The van der Waals surface area contributed by atoms with Crippen molar-refractivity contribution in [2.75, 3.05) is 6.54 Å². The number of rotatable bonds is 6. The Hall–Kier alpha value is -1.77. The van der Waals surface area contributed by atoms with Gasteiger partial charge in [0.15, 0.2) is 0 Å². The van der Waals surface area contributed by atoms with Crippen LogP contribution in [0.2, 0.25) is 0 Å². The van der Waals surface area contributed by atoms with Crippen LogP contribution in [0, 0.1) is 5.82 Å². The number of sulfonamides is 1. The highest BCUT2D eigenvalue weighted by atomic mass is 32.2. The van der Waals surface area contributed by atoms with Crippen LogP contribution in [0.3, 0.4) is 0 Å². The molecule has 0 radical (unpaired) electrons. The molecule has 2 aromatic rings. The van der Waals surface area contributed by atoms with Crippen molar-refractivity contribution in [3.8, 4) is 0 Å². The van der Waals surface area contributed by atoms with Crippen LogP contribution >= 0.6 is 0 Å². The van der Waals surface area contributed by atoms with E-state index in [9.17, 15) is 12.8 Å². The number of halogens is 1. The zero-order valence-corrected chi connectivity index (χ0v) is 11.5. The average Bonchev–Trinajstić information content (AvgIpc) is 2.91. The predicted molar refractivity (Wildman–Crippen MR) is 71.8 cm³/mol. The van der Waals surface area contributed by atoms with Gasteiger partial charge in [-0.25, -0.2) is 22.5 Å². The molecule has 0 bridgehead atoms. The molecule has 1 aromatic heterocycles. The molecule has 0 amide bonds. The Morgan fingerprint density at radius 2 is 2.20 bits per heavy atom. The van der Waals surface area contributed by atoms with E-state index in [1.54, 1.807) is 12.4 Å². The lowest BCUT2D eigenvalue weighted by Crippen LogP contribution is -2.27. The van der Waals surface area contributed by atoms with Crippen LogP contribution in [0.5, 0.6) is 0 Å². The predicted octanol–water partition coefficient (Wildman–Crippen LogP) is 0.528. The highest BCUT2D eigenvalue weighted by Crippen LogP contribution is 2.16. The number of aromatic nitrogens is 2. The lowest BCUT2D eigenvalue weighted by molar-refractivity contribution is 0.575. The monoisotopic (exact) mass is 298 g/mol. The Morgan fingerprint density at radius 1 is 1.40 bits per heavy atom. The molecule has 0 fully saturated rings. The Bertz CT molecular complexity index is 671. The number of benzene rings is 1. The summed E-state index contributed by atoms with van der Waals surface area (Å²) < 4.78 is 39.9. The van der Waals surface area contributed by atoms with Gasteiger partial charge in [-0.15, -0.1) is 0 Å². The van der Waals surface area contributed by atoms with E-state index < -0.39 is 15.8 Å². The number of nitrogens with zero attached hydrogens (tertiary/aromatic N) is 1. The van der Waals surface area contributed by atoms with Crippen LogP contribution in [-0.4, -0.2) is 24.9 Å². The summed E-state index contributed by atoms with van der Waals surface area (Å²) in [5, 5.41) is 0. The number of imidazole rings is 1. The zero-order valence-electron chi connectivity index (χ0n) is 10.6. The molecule has 0 spiro atoms. The van der Waals surface area contributed by atoms with E-state index >= 15 is 0 Å². The van der Waals surface area contributed by atoms with Gasteiger partial charge >= 0.3 is 0 Å². The van der Waals surface area contributed by atoms with Gasteiger partial charge in [-0.2, -0.15) is 0 Å². The molecule has 0 aliphatic rings. The largest absolute Gasteiger partial charge is 0.349 e. The first kappa shape index (κ1) is 14.6. The second kappa shape index (κ2) is 6.12. The van der Waals surface area contributed by atoms with Crippen molar-refractivity contribution in [3.05, 3.63) is 47.8 Å². The van der Waals surface area contributed by atoms with Crippen molar-refractivity contribution >= 4 is 10.0 Å². The third-order valence-electron chi connectivity index (χ3n) is 2.75. The van der Waals surface area contributed by atoms with E-state index in [0.717, 1.165) is 6.07 Å². The zero-order chi connectivity index (χ0) is 14.6. The van der Waals surface area contributed by atoms with Crippen LogP contribution in [-0.2, 0) is 23.0 Å². The molecule has 4 N–H and O–H groups in total. The van der Waals surface area contributed by atoms with Crippen molar-refractivity contribution in [1.29, 1.82) is 0 Å². The fraction of sp³-hybridized carbons (Fsp3) is 0.250. The Kier molecular flexibility index (Phi) is 4.48. The topological polar surface area (TPSA) is 101 Å². The molecule has 108 valence electrons. The highest BCUT2D eigenvalue weighted by molar-refractivity contribution is 7.89. The molecule has 0 saturated heterocycles. The molecular formula is C12H15FN4O2S. The maximum Gasteiger partial charge on any atom is 0.241 e. The number of aromatic amines is 1. The quantitative estimate of drug-likeness (QED) is 0.724. The minimum absolute atomic E-state index is 0.0225. The van der Waals surface area contributed by atoms with Gasteiger partial charge < -0.3 is 10.7 Å². The van der Waals surface area contributed by atoms with Crippen molar-refractivity contribution < 1.29 is 12.8 Å². The molecule has 1 aromatic carbocycles. The summed E-state index contributed by atoms with van der Waals surface area (Å²) in [4.78, 5) is 6.73. The van der Waals surface area contributed by atoms with Crippen LogP contribution in [0.15, 0.2) is 35.5 Å². The third-order valence-corrected chi connectivity index (χ3v) is 4.29. The van der Waals surface area contributed by atoms with E-state index in [0.29, 0.717) is 17.8 Å². The summed E-state index contributed by atoms with van der Waals surface area (Å²) in [6.07, 6.45) is 3.66. The van der Waals surface area contributed by atoms with E-state index in [4.69, 9.17) is 5.73 Å². The molecule has 8 heteroatoms. The summed E-state index contributed by atoms with van der Waals surface area (Å²) >= 11 is 0. The molecule has 0 saturated carbocycles. The minimum atomic E-state index is -3.79. The molecule has 0 atom stereocenters. The standard InChI is InChI=1S/C12H15FN4O2S/c13-10-2-1-9(8-14)11(7-10)20(18,19)17-4-3-12-15-5-6-16-12/h1-2,5-7,17H,3-4,8,14H2,(H,15,16). The lowest BCUT2D eigenvalue weighted by atomic mass is 10.2. The Labute approximate surface area is 116 Å². The average molecular weight is 298 g/mol. The third kappa shape index (κ3) is 3.41. The molecule has 20 heavy (non-hydrogen) atoms. The summed E-state index contributed by atoms with van der Waals surface area (Å²) in [5.74, 6) is 0.0552. The van der Waals surface area contributed by atoms with Crippen molar-refractivity contribution in [2.45, 2.75) is 17.9 Å². The van der Waals surface area contributed by atoms with E-state index in [1.165, 1.54) is 12.1 Å². The number of hydrogen-bond acceptors (Lipinski definition) is 4. The van der Waals surface area contributed by atoms with Gasteiger partial charge in [0.25, 0.3) is 0 Å². The Morgan fingerprint density at radius 3 is 2.85 bits per heavy atom. The number of H-pyrrole nitrogens is 1. The van der Waals surface area contributed by atoms with Gasteiger partial charge in [0.2, 0.25) is 10.0 Å². The van der Waals surface area contributed by atoms with E-state index in [2.05, 4.69) is 14.7 Å². The summed E-state index contributed by atoms with van der Waals surface area (Å²) in [6.45, 7) is 0.186. The molecule has 0 aliphatic heterocycles. The molecule has 0 aliphatic carbocycles. The normalized spacial score (nSPS) is 11.7. The first-order chi connectivity index (χ1) is 9.53. The highest BCUT2D eigenvalue weighted by Gasteiger charge is 2.18. The summed E-state index contributed by atoms with van der Waals surface area (Å²) in [7, 11) is -3.79. The van der Waals surface area contributed by atoms with Gasteiger partial charge in [0, 0.05) is 31.9 Å². The molecule has 6 nitrogen and oxygen atoms in total. The first-order valence-corrected chi connectivity index (χ1v) is 7.47. The van der Waals surface area contributed by atoms with Crippen LogP contribution in [0.4, 0.5) is 4.39 Å². The van der Waals surface area contributed by atoms with Crippen molar-refractivity contribution in [1.82, 2.24) is 14.7 Å². The maximum absolute atomic E-state index is 13.2. The first-order valence-electron chi connectivity index (χ1n) is 5.99. The Balaban J connectivity index is 2.11. The molecule has 0 unspecified atom stereocenters. The van der Waals surface area contributed by atoms with Gasteiger partial charge in [0.05, 0.1) is 4.90 Å². The molecule has 2 rings (SSSR count). The fourth-order valence-electron chi connectivity index (χ4n) is 1.76. The number of nitrogens with one attached hydrogen (secondary N) is 2. The van der Waals surface area contributed by atoms with Crippen molar-refractivity contribution in [2.24, 2.45) is 5.73 Å². The van der Waals surface area contributed by atoms with Crippen molar-refractivity contribution in [3.63, 3.8) is 0 Å². The summed E-state index contributed by atoms with van der Waals surface area (Å²) in [5.41, 5.74) is 5.85. The van der Waals surface area contributed by atoms with Crippen LogP contribution in [0.25, 0.3) is 0 Å². The number of nitrogens with two attached hydrogens (primary N) is 1. The number of hydrogen-bond donors (Lipinski definition) is 3. The van der Waals surface area contributed by atoms with Crippen LogP contribution in [0.1, 0.15) is 11.4 Å². The van der Waals surface area contributed by atoms with Gasteiger partial charge in [0.1, 0.15) is 11.6 Å². The van der Waals surface area contributed by atoms with Gasteiger partial charge in [-0.1, -0.05) is 6.07 Å². The second-order valence-corrected chi connectivity index (χ2v) is 5.88. The molecular weight excluding hydrogens is 283 g/mol. The SMILES string of the molecule is NCc1ccc(F)cc1S(=O)(=O)NCCc1ncc[nH]1. The van der Waals surface area contributed by atoms with Crippen LogP contribution < -0.4 is 10.5 Å². The second-order valence-electron chi connectivity index (χ2n) is 4.14. The lowest BCUT2D eigenvalue weighted by Gasteiger charge is -2.10. The van der Waals surface area contributed by atoms with E-state index in [-0.39, 0.29) is 18.0 Å². The van der Waals surface area contributed by atoms with E-state index in [1.807, 2.05) is 0 Å². The maximum atomic E-state index is 13.2. The smallest absolute Gasteiger partial charge is 0.241 e.